The molecule has 5 heteroatoms. The van der Waals surface area contributed by atoms with Gasteiger partial charge in [0.05, 0.1) is 5.69 Å². The molecule has 0 aliphatic rings. The van der Waals surface area contributed by atoms with Crippen molar-refractivity contribution in [2.75, 3.05) is 17.6 Å². The average Bonchev–Trinajstić information content (AvgIpc) is 2.45. The maximum atomic E-state index is 9.34. The fourth-order valence-corrected chi connectivity index (χ4v) is 1.76. The quantitative estimate of drug-likeness (QED) is 0.873. The smallest absolute Gasteiger partial charge is 0.222 e. The molecule has 5 nitrogen and oxygen atoms in total. The molecule has 0 spiro atoms. The highest BCUT2D eigenvalue weighted by molar-refractivity contribution is 5.73. The molecule has 1 aromatic carbocycles. The van der Waals surface area contributed by atoms with Gasteiger partial charge in [-0.15, -0.1) is 0 Å². The van der Waals surface area contributed by atoms with Crippen molar-refractivity contribution in [2.45, 2.75) is 13.3 Å². The highest BCUT2D eigenvalue weighted by atomic mass is 15.1. The summed E-state index contributed by atoms with van der Waals surface area (Å²) in [6, 6.07) is 11.7. The number of nitrogens with zero attached hydrogens (tertiary/aromatic N) is 3. The van der Waals surface area contributed by atoms with E-state index in [1.165, 1.54) is 0 Å². The Kier molecular flexibility index (Phi) is 3.94. The fourth-order valence-electron chi connectivity index (χ4n) is 1.76. The van der Waals surface area contributed by atoms with Gasteiger partial charge >= 0.3 is 0 Å². The Balaban J connectivity index is 2.55. The highest BCUT2D eigenvalue weighted by Crippen LogP contribution is 2.26. The van der Waals surface area contributed by atoms with Crippen LogP contribution in [-0.4, -0.2) is 16.5 Å². The molecule has 0 atom stereocenters. The van der Waals surface area contributed by atoms with E-state index in [-0.39, 0.29) is 5.95 Å². The Labute approximate surface area is 112 Å². The van der Waals surface area contributed by atoms with Crippen molar-refractivity contribution < 1.29 is 0 Å². The lowest BCUT2D eigenvalue weighted by Gasteiger charge is -2.10. The molecule has 1 heterocycles. The molecule has 0 aliphatic heterocycles. The first-order valence-electron chi connectivity index (χ1n) is 6.13. The van der Waals surface area contributed by atoms with Crippen LogP contribution in [0.25, 0.3) is 11.3 Å². The van der Waals surface area contributed by atoms with Crippen LogP contribution in [0.4, 0.5) is 11.8 Å². The number of rotatable bonds is 4. The minimum Gasteiger partial charge on any atom is -0.369 e. The van der Waals surface area contributed by atoms with Crippen LogP contribution in [0.3, 0.4) is 0 Å². The van der Waals surface area contributed by atoms with Gasteiger partial charge in [-0.25, -0.2) is 4.98 Å². The molecule has 0 fully saturated rings. The van der Waals surface area contributed by atoms with E-state index in [0.717, 1.165) is 18.5 Å². The molecule has 2 rings (SSSR count). The van der Waals surface area contributed by atoms with E-state index in [1.807, 2.05) is 37.3 Å². The number of hydrogen-bond acceptors (Lipinski definition) is 5. The molecule has 0 aliphatic carbocycles. The van der Waals surface area contributed by atoms with Crippen molar-refractivity contribution >= 4 is 11.8 Å². The first kappa shape index (κ1) is 12.8. The van der Waals surface area contributed by atoms with Crippen molar-refractivity contribution in [2.24, 2.45) is 0 Å². The number of benzene rings is 1. The Hall–Kier alpha value is -2.61. The Morgan fingerprint density at radius 3 is 2.63 bits per heavy atom. The van der Waals surface area contributed by atoms with E-state index >= 15 is 0 Å². The van der Waals surface area contributed by atoms with Gasteiger partial charge in [0.2, 0.25) is 5.95 Å². The third-order valence-electron chi connectivity index (χ3n) is 2.63. The van der Waals surface area contributed by atoms with Crippen LogP contribution >= 0.6 is 0 Å². The van der Waals surface area contributed by atoms with Gasteiger partial charge in [-0.2, -0.15) is 10.2 Å². The number of nitrogen functional groups attached to an aromatic ring is 1. The van der Waals surface area contributed by atoms with Gasteiger partial charge < -0.3 is 11.1 Å². The van der Waals surface area contributed by atoms with Crippen LogP contribution < -0.4 is 11.1 Å². The lowest BCUT2D eigenvalue weighted by atomic mass is 10.1. The summed E-state index contributed by atoms with van der Waals surface area (Å²) in [6.45, 7) is 2.78. The number of nitriles is 1. The second-order valence-electron chi connectivity index (χ2n) is 4.06. The van der Waals surface area contributed by atoms with Crippen LogP contribution in [0.2, 0.25) is 0 Å². The van der Waals surface area contributed by atoms with Gasteiger partial charge in [0.1, 0.15) is 17.5 Å². The van der Waals surface area contributed by atoms with Gasteiger partial charge in [-0.1, -0.05) is 37.3 Å². The second-order valence-corrected chi connectivity index (χ2v) is 4.06. The molecular weight excluding hydrogens is 238 g/mol. The highest BCUT2D eigenvalue weighted by Gasteiger charge is 2.14. The van der Waals surface area contributed by atoms with E-state index in [2.05, 4.69) is 21.4 Å². The standard InChI is InChI=1S/C14H15N5/c1-2-8-17-13-11(9-15)12(18-14(16)19-13)10-6-4-3-5-7-10/h3-7H,2,8H2,1H3,(H3,16,17,18,19). The SMILES string of the molecule is CCCNc1nc(N)nc(-c2ccccc2)c1C#N. The number of aromatic nitrogens is 2. The number of hydrogen-bond donors (Lipinski definition) is 2. The van der Waals surface area contributed by atoms with Gasteiger partial charge in [-0.05, 0) is 6.42 Å². The zero-order valence-corrected chi connectivity index (χ0v) is 10.7. The van der Waals surface area contributed by atoms with Crippen molar-refractivity contribution in [1.29, 1.82) is 5.26 Å². The van der Waals surface area contributed by atoms with E-state index in [4.69, 9.17) is 5.73 Å². The van der Waals surface area contributed by atoms with Crippen LogP contribution in [0.15, 0.2) is 30.3 Å². The van der Waals surface area contributed by atoms with Crippen LogP contribution in [0.5, 0.6) is 0 Å². The molecule has 19 heavy (non-hydrogen) atoms. The van der Waals surface area contributed by atoms with Gasteiger partial charge in [0, 0.05) is 12.1 Å². The summed E-state index contributed by atoms with van der Waals surface area (Å²) >= 11 is 0. The first-order valence-corrected chi connectivity index (χ1v) is 6.13. The molecule has 0 saturated heterocycles. The summed E-state index contributed by atoms with van der Waals surface area (Å²) in [5, 5.41) is 12.5. The molecule has 0 amide bonds. The minimum absolute atomic E-state index is 0.163. The summed E-state index contributed by atoms with van der Waals surface area (Å²) in [5.74, 6) is 0.659. The molecule has 1 aromatic heterocycles. The second kappa shape index (κ2) is 5.83. The van der Waals surface area contributed by atoms with Gasteiger partial charge in [0.15, 0.2) is 0 Å². The summed E-state index contributed by atoms with van der Waals surface area (Å²) in [7, 11) is 0. The predicted molar refractivity (Wildman–Crippen MR) is 75.4 cm³/mol. The normalized spacial score (nSPS) is 9.89. The summed E-state index contributed by atoms with van der Waals surface area (Å²) < 4.78 is 0. The van der Waals surface area contributed by atoms with E-state index in [9.17, 15) is 5.26 Å². The Morgan fingerprint density at radius 1 is 1.26 bits per heavy atom. The fraction of sp³-hybridized carbons (Fsp3) is 0.214. The number of anilines is 2. The van der Waals surface area contributed by atoms with E-state index in [0.29, 0.717) is 17.1 Å². The lowest BCUT2D eigenvalue weighted by molar-refractivity contribution is 0.965. The molecule has 0 saturated carbocycles. The van der Waals surface area contributed by atoms with Gasteiger partial charge in [-0.3, -0.25) is 0 Å². The topological polar surface area (TPSA) is 87.6 Å². The van der Waals surface area contributed by atoms with Crippen molar-refractivity contribution in [3.63, 3.8) is 0 Å². The molecule has 0 unspecified atom stereocenters. The molecule has 3 N–H and O–H groups in total. The van der Waals surface area contributed by atoms with Crippen molar-refractivity contribution in [3.05, 3.63) is 35.9 Å². The minimum atomic E-state index is 0.163. The van der Waals surface area contributed by atoms with Crippen LogP contribution in [-0.2, 0) is 0 Å². The zero-order chi connectivity index (χ0) is 13.7. The third-order valence-corrected chi connectivity index (χ3v) is 2.63. The first-order chi connectivity index (χ1) is 9.26. The summed E-state index contributed by atoms with van der Waals surface area (Å²) in [6.07, 6.45) is 0.940. The van der Waals surface area contributed by atoms with Gasteiger partial charge in [0.25, 0.3) is 0 Å². The summed E-state index contributed by atoms with van der Waals surface area (Å²) in [4.78, 5) is 8.29. The summed E-state index contributed by atoms with van der Waals surface area (Å²) in [5.41, 5.74) is 7.56. The Morgan fingerprint density at radius 2 is 2.00 bits per heavy atom. The molecule has 0 radical (unpaired) electrons. The monoisotopic (exact) mass is 253 g/mol. The van der Waals surface area contributed by atoms with Crippen LogP contribution in [0.1, 0.15) is 18.9 Å². The third kappa shape index (κ3) is 2.80. The molecule has 96 valence electrons. The van der Waals surface area contributed by atoms with Crippen LogP contribution in [0, 0.1) is 11.3 Å². The van der Waals surface area contributed by atoms with Crippen molar-refractivity contribution in [3.8, 4) is 17.3 Å². The number of nitrogens with one attached hydrogen (secondary N) is 1. The van der Waals surface area contributed by atoms with E-state index < -0.39 is 0 Å². The largest absolute Gasteiger partial charge is 0.369 e. The zero-order valence-electron chi connectivity index (χ0n) is 10.7. The molecule has 0 bridgehead atoms. The Bertz CT molecular complexity index is 601. The average molecular weight is 253 g/mol. The molecule has 2 aromatic rings. The maximum absolute atomic E-state index is 9.34. The maximum Gasteiger partial charge on any atom is 0.222 e. The molecular formula is C14H15N5. The van der Waals surface area contributed by atoms with E-state index in [1.54, 1.807) is 0 Å². The number of nitrogens with two attached hydrogens (primary N) is 1. The lowest BCUT2D eigenvalue weighted by Crippen LogP contribution is -2.09. The van der Waals surface area contributed by atoms with Crippen molar-refractivity contribution in [1.82, 2.24) is 9.97 Å². The predicted octanol–water partition coefficient (Wildman–Crippen LogP) is 2.42.